The van der Waals surface area contributed by atoms with E-state index in [0.717, 1.165) is 23.5 Å². The minimum absolute atomic E-state index is 0.0227. The molecule has 0 spiro atoms. The highest BCUT2D eigenvalue weighted by Crippen LogP contribution is 2.40. The molecule has 8 nitrogen and oxygen atoms in total. The van der Waals surface area contributed by atoms with Crippen LogP contribution in [0.1, 0.15) is 47.2 Å². The van der Waals surface area contributed by atoms with Crippen molar-refractivity contribution in [2.75, 3.05) is 12.4 Å². The number of carbonyl (C=O) groups excluding carboxylic acids is 2. The van der Waals surface area contributed by atoms with Gasteiger partial charge in [-0.3, -0.25) is 9.59 Å². The van der Waals surface area contributed by atoms with Crippen molar-refractivity contribution in [1.29, 1.82) is 0 Å². The van der Waals surface area contributed by atoms with Gasteiger partial charge in [0.1, 0.15) is 22.5 Å². The van der Waals surface area contributed by atoms with E-state index >= 15 is 0 Å². The SMILES string of the molecule is CCC(O)c1cc(F)c(-c2cc(C(N)=O)c(Nc3cccc(C(O)C(=O)NC)n3)s2)c(F)c1. The number of primary amides is 1. The number of nitrogens with one attached hydrogen (secondary N) is 2. The highest BCUT2D eigenvalue weighted by atomic mass is 32.1. The Kier molecular flexibility index (Phi) is 7.36. The summed E-state index contributed by atoms with van der Waals surface area (Å²) < 4.78 is 29.5. The molecule has 33 heavy (non-hydrogen) atoms. The lowest BCUT2D eigenvalue weighted by molar-refractivity contribution is -0.129. The lowest BCUT2D eigenvalue weighted by Gasteiger charge is -2.11. The Balaban J connectivity index is 2.00. The second-order valence-electron chi connectivity index (χ2n) is 7.09. The maximum absolute atomic E-state index is 14.8. The van der Waals surface area contributed by atoms with Crippen molar-refractivity contribution in [3.05, 3.63) is 64.9 Å². The van der Waals surface area contributed by atoms with Crippen molar-refractivity contribution < 1.29 is 28.6 Å². The number of aromatic nitrogens is 1. The molecule has 2 heterocycles. The number of thiophene rings is 1. The second kappa shape index (κ2) is 10.0. The maximum Gasteiger partial charge on any atom is 0.254 e. The number of nitrogens with zero attached hydrogens (tertiary/aromatic N) is 1. The predicted octanol–water partition coefficient (Wildman–Crippen LogP) is 3.15. The molecule has 3 aromatic rings. The van der Waals surface area contributed by atoms with E-state index in [1.807, 2.05) is 0 Å². The summed E-state index contributed by atoms with van der Waals surface area (Å²) in [5, 5.41) is 25.3. The molecule has 174 valence electrons. The van der Waals surface area contributed by atoms with Gasteiger partial charge in [-0.15, -0.1) is 11.3 Å². The van der Waals surface area contributed by atoms with Gasteiger partial charge in [0.05, 0.1) is 22.9 Å². The highest BCUT2D eigenvalue weighted by molar-refractivity contribution is 7.20. The van der Waals surface area contributed by atoms with Crippen molar-refractivity contribution in [2.24, 2.45) is 5.73 Å². The van der Waals surface area contributed by atoms with Gasteiger partial charge in [0.2, 0.25) is 0 Å². The summed E-state index contributed by atoms with van der Waals surface area (Å²) in [5.41, 5.74) is 5.23. The summed E-state index contributed by atoms with van der Waals surface area (Å²) in [4.78, 5) is 27.9. The Bertz CT molecular complexity index is 1180. The minimum Gasteiger partial charge on any atom is -0.388 e. The average molecular weight is 477 g/mol. The molecule has 0 saturated carbocycles. The first kappa shape index (κ1) is 24.2. The number of aliphatic hydroxyl groups is 2. The van der Waals surface area contributed by atoms with Gasteiger partial charge >= 0.3 is 0 Å². The van der Waals surface area contributed by atoms with E-state index < -0.39 is 35.7 Å². The number of nitrogens with two attached hydrogens (primary N) is 1. The van der Waals surface area contributed by atoms with Crippen LogP contribution in [0.4, 0.5) is 19.6 Å². The Morgan fingerprint density at radius 1 is 1.18 bits per heavy atom. The van der Waals surface area contributed by atoms with Crippen LogP contribution in [0.15, 0.2) is 36.4 Å². The number of likely N-dealkylation sites (N-methyl/N-ethyl adjacent to an activating group) is 1. The summed E-state index contributed by atoms with van der Waals surface area (Å²) in [7, 11) is 1.37. The first-order valence-corrected chi connectivity index (χ1v) is 10.7. The molecule has 3 rings (SSSR count). The number of hydrogen-bond acceptors (Lipinski definition) is 7. The Morgan fingerprint density at radius 2 is 1.85 bits per heavy atom. The normalized spacial score (nSPS) is 12.8. The van der Waals surface area contributed by atoms with E-state index in [9.17, 15) is 28.6 Å². The topological polar surface area (TPSA) is 138 Å². The van der Waals surface area contributed by atoms with E-state index in [4.69, 9.17) is 5.73 Å². The maximum atomic E-state index is 14.8. The quantitative estimate of drug-likeness (QED) is 0.339. The van der Waals surface area contributed by atoms with Gasteiger partial charge in [-0.1, -0.05) is 13.0 Å². The zero-order valence-corrected chi connectivity index (χ0v) is 18.5. The van der Waals surface area contributed by atoms with Crippen molar-refractivity contribution >= 4 is 34.0 Å². The molecule has 2 atom stereocenters. The Morgan fingerprint density at radius 3 is 2.42 bits per heavy atom. The van der Waals surface area contributed by atoms with E-state index in [2.05, 4.69) is 15.6 Å². The molecule has 6 N–H and O–H groups in total. The first-order valence-electron chi connectivity index (χ1n) is 9.90. The van der Waals surface area contributed by atoms with Gasteiger partial charge in [0.25, 0.3) is 11.8 Å². The van der Waals surface area contributed by atoms with Gasteiger partial charge in [0.15, 0.2) is 6.10 Å². The van der Waals surface area contributed by atoms with Crippen LogP contribution in [-0.2, 0) is 4.79 Å². The summed E-state index contributed by atoms with van der Waals surface area (Å²) in [5.74, 6) is -3.10. The third kappa shape index (κ3) is 5.16. The molecule has 2 aromatic heterocycles. The van der Waals surface area contributed by atoms with Gasteiger partial charge in [-0.2, -0.15) is 0 Å². The molecule has 11 heteroatoms. The zero-order valence-electron chi connectivity index (χ0n) is 17.7. The van der Waals surface area contributed by atoms with Crippen molar-refractivity contribution in [2.45, 2.75) is 25.6 Å². The van der Waals surface area contributed by atoms with Crippen LogP contribution in [0.2, 0.25) is 0 Å². The van der Waals surface area contributed by atoms with E-state index in [1.54, 1.807) is 6.92 Å². The monoisotopic (exact) mass is 476 g/mol. The van der Waals surface area contributed by atoms with E-state index in [1.165, 1.54) is 31.3 Å². The molecule has 0 aliphatic rings. The summed E-state index contributed by atoms with van der Waals surface area (Å²) >= 11 is 0.873. The minimum atomic E-state index is -1.51. The van der Waals surface area contributed by atoms with Crippen LogP contribution in [0, 0.1) is 11.6 Å². The fourth-order valence-electron chi connectivity index (χ4n) is 3.11. The van der Waals surface area contributed by atoms with Crippen LogP contribution in [0.25, 0.3) is 10.4 Å². The number of aliphatic hydroxyl groups excluding tert-OH is 2. The summed E-state index contributed by atoms with van der Waals surface area (Å²) in [6.07, 6.45) is -2.22. The summed E-state index contributed by atoms with van der Waals surface area (Å²) in [6, 6.07) is 7.86. The zero-order chi connectivity index (χ0) is 24.3. The largest absolute Gasteiger partial charge is 0.388 e. The molecular weight excluding hydrogens is 454 g/mol. The number of hydrogen-bond donors (Lipinski definition) is 5. The average Bonchev–Trinajstić information content (AvgIpc) is 3.20. The summed E-state index contributed by atoms with van der Waals surface area (Å²) in [6.45, 7) is 1.68. The first-order chi connectivity index (χ1) is 15.7. The fourth-order valence-corrected chi connectivity index (χ4v) is 4.23. The molecule has 1 aromatic carbocycles. The van der Waals surface area contributed by atoms with Gasteiger partial charge < -0.3 is 26.6 Å². The standard InChI is InChI=1S/C22H22F2N4O4S/c1-3-15(29)10-7-12(23)18(13(24)8-10)16-9-11(20(25)31)22(33-16)28-17-6-4-5-14(27-17)19(30)21(32)26-2/h4-9,15,19,29-30H,3H2,1-2H3,(H2,25,31)(H,26,32)(H,27,28). The number of carbonyl (C=O) groups is 2. The molecule has 0 bridgehead atoms. The molecule has 0 aliphatic heterocycles. The number of halogens is 2. The molecule has 0 fully saturated rings. The Labute approximate surface area is 192 Å². The third-order valence-electron chi connectivity index (χ3n) is 4.87. The fraction of sp³-hybridized carbons (Fsp3) is 0.227. The third-order valence-corrected chi connectivity index (χ3v) is 5.93. The highest BCUT2D eigenvalue weighted by Gasteiger charge is 2.23. The number of amides is 2. The van der Waals surface area contributed by atoms with Crippen LogP contribution < -0.4 is 16.4 Å². The number of pyridine rings is 1. The smallest absolute Gasteiger partial charge is 0.254 e. The van der Waals surface area contributed by atoms with Crippen LogP contribution in [0.3, 0.4) is 0 Å². The van der Waals surface area contributed by atoms with Gasteiger partial charge in [0, 0.05) is 11.9 Å². The van der Waals surface area contributed by atoms with Crippen molar-refractivity contribution in [1.82, 2.24) is 10.3 Å². The van der Waals surface area contributed by atoms with Crippen LogP contribution >= 0.6 is 11.3 Å². The number of rotatable bonds is 8. The predicted molar refractivity (Wildman–Crippen MR) is 120 cm³/mol. The molecular formula is C22H22F2N4O4S. The lowest BCUT2D eigenvalue weighted by atomic mass is 10.0. The molecule has 0 aliphatic carbocycles. The van der Waals surface area contributed by atoms with Gasteiger partial charge in [-0.25, -0.2) is 13.8 Å². The van der Waals surface area contributed by atoms with E-state index in [-0.39, 0.29) is 44.5 Å². The van der Waals surface area contributed by atoms with Crippen molar-refractivity contribution in [3.63, 3.8) is 0 Å². The van der Waals surface area contributed by atoms with Gasteiger partial charge in [-0.05, 0) is 42.3 Å². The lowest BCUT2D eigenvalue weighted by Crippen LogP contribution is -2.26. The number of anilines is 2. The molecule has 0 radical (unpaired) electrons. The molecule has 2 amide bonds. The van der Waals surface area contributed by atoms with Crippen LogP contribution in [-0.4, -0.2) is 34.1 Å². The second-order valence-corrected chi connectivity index (χ2v) is 8.14. The van der Waals surface area contributed by atoms with E-state index in [0.29, 0.717) is 0 Å². The van der Waals surface area contributed by atoms with Crippen LogP contribution in [0.5, 0.6) is 0 Å². The number of benzene rings is 1. The molecule has 0 saturated heterocycles. The molecule has 2 unspecified atom stereocenters. The Hall–Kier alpha value is -3.41. The van der Waals surface area contributed by atoms with Crippen molar-refractivity contribution in [3.8, 4) is 10.4 Å².